The molecule has 106 valence electrons. The van der Waals surface area contributed by atoms with E-state index in [4.69, 9.17) is 22.7 Å². The first-order chi connectivity index (χ1) is 8.85. The van der Waals surface area contributed by atoms with E-state index >= 15 is 0 Å². The van der Waals surface area contributed by atoms with Gasteiger partial charge in [0.2, 0.25) is 0 Å². The summed E-state index contributed by atoms with van der Waals surface area (Å²) in [5.41, 5.74) is 6.98. The van der Waals surface area contributed by atoms with Gasteiger partial charge in [-0.2, -0.15) is 0 Å². The molecule has 2 nitrogen and oxygen atoms in total. The van der Waals surface area contributed by atoms with Crippen LogP contribution in [0.25, 0.3) is 0 Å². The molecule has 0 saturated heterocycles. The van der Waals surface area contributed by atoms with Gasteiger partial charge in [-0.15, -0.1) is 11.8 Å². The first-order valence-electron chi connectivity index (χ1n) is 6.53. The van der Waals surface area contributed by atoms with Crippen molar-refractivity contribution in [3.05, 3.63) is 23.8 Å². The molecule has 0 aromatic heterocycles. The number of nitrogens with two attached hydrogens (primary N) is 1. The highest BCUT2D eigenvalue weighted by molar-refractivity contribution is 7.99. The normalized spacial score (nSPS) is 11.4. The Morgan fingerprint density at radius 2 is 2.05 bits per heavy atom. The minimum absolute atomic E-state index is 0.263. The van der Waals surface area contributed by atoms with Gasteiger partial charge >= 0.3 is 0 Å². The summed E-state index contributed by atoms with van der Waals surface area (Å²) in [6, 6.07) is 5.97. The molecule has 2 N–H and O–H groups in total. The van der Waals surface area contributed by atoms with E-state index < -0.39 is 0 Å². The predicted octanol–water partition coefficient (Wildman–Crippen LogP) is 4.25. The van der Waals surface area contributed by atoms with Gasteiger partial charge < -0.3 is 10.5 Å². The molecule has 0 atom stereocenters. The van der Waals surface area contributed by atoms with Crippen LogP contribution in [0.5, 0.6) is 5.75 Å². The average molecular weight is 297 g/mol. The quantitative estimate of drug-likeness (QED) is 0.629. The summed E-state index contributed by atoms with van der Waals surface area (Å²) in [6.07, 6.45) is 0.995. The lowest BCUT2D eigenvalue weighted by molar-refractivity contribution is 0.242. The third-order valence-corrected chi connectivity index (χ3v) is 3.79. The van der Waals surface area contributed by atoms with Gasteiger partial charge in [0.05, 0.1) is 12.2 Å². The fraction of sp³-hybridized carbons (Fsp3) is 0.533. The van der Waals surface area contributed by atoms with E-state index in [1.54, 1.807) is 11.8 Å². The maximum atomic E-state index is 5.88. The zero-order valence-corrected chi connectivity index (χ0v) is 13.8. The van der Waals surface area contributed by atoms with E-state index in [1.165, 1.54) is 0 Å². The molecule has 0 radical (unpaired) electrons. The van der Waals surface area contributed by atoms with Gasteiger partial charge in [-0.05, 0) is 29.7 Å². The van der Waals surface area contributed by atoms with Crippen LogP contribution in [0, 0.1) is 5.41 Å². The van der Waals surface area contributed by atoms with Crippen LogP contribution in [-0.4, -0.2) is 17.3 Å². The Morgan fingerprint density at radius 3 is 2.58 bits per heavy atom. The highest BCUT2D eigenvalue weighted by Gasteiger charge is 2.14. The molecule has 4 heteroatoms. The number of rotatable bonds is 6. The molecule has 0 aliphatic heterocycles. The average Bonchev–Trinajstić information content (AvgIpc) is 2.27. The van der Waals surface area contributed by atoms with E-state index in [2.05, 4.69) is 27.7 Å². The van der Waals surface area contributed by atoms with E-state index in [0.29, 0.717) is 11.6 Å². The minimum atomic E-state index is 0.263. The molecule has 1 aromatic carbocycles. The second-order valence-corrected chi connectivity index (χ2v) is 7.33. The second kappa shape index (κ2) is 7.15. The fourth-order valence-corrected chi connectivity index (χ4v) is 2.73. The highest BCUT2D eigenvalue weighted by atomic mass is 32.2. The molecule has 1 aromatic rings. The minimum Gasteiger partial charge on any atom is -0.493 e. The van der Waals surface area contributed by atoms with Crippen molar-refractivity contribution in [2.75, 3.05) is 12.4 Å². The van der Waals surface area contributed by atoms with Crippen LogP contribution in [0.15, 0.2) is 23.1 Å². The predicted molar refractivity (Wildman–Crippen MR) is 88.3 cm³/mol. The monoisotopic (exact) mass is 297 g/mol. The van der Waals surface area contributed by atoms with Crippen molar-refractivity contribution in [3.8, 4) is 5.75 Å². The van der Waals surface area contributed by atoms with Crippen molar-refractivity contribution in [3.63, 3.8) is 0 Å². The molecule has 0 bridgehead atoms. The lowest BCUT2D eigenvalue weighted by atomic mass is 9.93. The molecule has 19 heavy (non-hydrogen) atoms. The van der Waals surface area contributed by atoms with E-state index in [0.717, 1.165) is 28.4 Å². The van der Waals surface area contributed by atoms with Gasteiger partial charge in [0.25, 0.3) is 0 Å². The van der Waals surface area contributed by atoms with Crippen molar-refractivity contribution < 1.29 is 4.74 Å². The smallest absolute Gasteiger partial charge is 0.130 e. The van der Waals surface area contributed by atoms with E-state index in [9.17, 15) is 0 Å². The number of ether oxygens (including phenoxy) is 1. The summed E-state index contributed by atoms with van der Waals surface area (Å²) >= 11 is 6.90. The van der Waals surface area contributed by atoms with Gasteiger partial charge in [0.1, 0.15) is 10.7 Å². The zero-order valence-electron chi connectivity index (χ0n) is 12.2. The Balaban J connectivity index is 2.87. The number of thiocarbonyl (C=S) groups is 1. The number of thioether (sulfide) groups is 1. The van der Waals surface area contributed by atoms with Crippen LogP contribution in [0.2, 0.25) is 0 Å². The number of benzene rings is 1. The molecular formula is C15H23NOS2. The molecular weight excluding hydrogens is 274 g/mol. The van der Waals surface area contributed by atoms with Crippen LogP contribution in [0.4, 0.5) is 0 Å². The van der Waals surface area contributed by atoms with Crippen molar-refractivity contribution >= 4 is 29.0 Å². The van der Waals surface area contributed by atoms with Crippen LogP contribution in [0.1, 0.15) is 39.7 Å². The molecule has 0 heterocycles. The first kappa shape index (κ1) is 16.3. The maximum Gasteiger partial charge on any atom is 0.130 e. The molecule has 0 unspecified atom stereocenters. The van der Waals surface area contributed by atoms with E-state index in [-0.39, 0.29) is 5.41 Å². The Hall–Kier alpha value is -0.740. The third kappa shape index (κ3) is 5.41. The van der Waals surface area contributed by atoms with E-state index in [1.807, 2.05) is 18.2 Å². The summed E-state index contributed by atoms with van der Waals surface area (Å²) in [4.78, 5) is 1.51. The van der Waals surface area contributed by atoms with Gasteiger partial charge in [0.15, 0.2) is 0 Å². The molecule has 0 saturated carbocycles. The second-order valence-electron chi connectivity index (χ2n) is 5.59. The van der Waals surface area contributed by atoms with Crippen LogP contribution in [-0.2, 0) is 0 Å². The van der Waals surface area contributed by atoms with Crippen LogP contribution < -0.4 is 10.5 Å². The van der Waals surface area contributed by atoms with Crippen molar-refractivity contribution in [1.82, 2.24) is 0 Å². The number of hydrogen-bond acceptors (Lipinski definition) is 3. The third-order valence-electron chi connectivity index (χ3n) is 2.64. The summed E-state index contributed by atoms with van der Waals surface area (Å²) in [5.74, 6) is 1.79. The molecule has 1 rings (SSSR count). The summed E-state index contributed by atoms with van der Waals surface area (Å²) < 4.78 is 5.88. The lowest BCUT2D eigenvalue weighted by Gasteiger charge is -2.19. The lowest BCUT2D eigenvalue weighted by Crippen LogP contribution is -2.15. The van der Waals surface area contributed by atoms with Gasteiger partial charge in [-0.3, -0.25) is 0 Å². The molecule has 0 amide bonds. The van der Waals surface area contributed by atoms with Gasteiger partial charge in [0, 0.05) is 4.90 Å². The fourth-order valence-electron chi connectivity index (χ4n) is 1.62. The Bertz CT molecular complexity index is 438. The van der Waals surface area contributed by atoms with Crippen LogP contribution >= 0.6 is 24.0 Å². The number of hydrogen-bond donors (Lipinski definition) is 1. The SMILES string of the molecule is CCSc1cccc(OCCC(C)(C)C)c1C(N)=S. The standard InChI is InChI=1S/C15H23NOS2/c1-5-19-12-8-6-7-11(13(12)14(16)18)17-10-9-15(2,3)4/h6-8H,5,9-10H2,1-4H3,(H2,16,18). The summed E-state index contributed by atoms with van der Waals surface area (Å²) in [6.45, 7) is 9.40. The van der Waals surface area contributed by atoms with Gasteiger partial charge in [-0.1, -0.05) is 46.0 Å². The topological polar surface area (TPSA) is 35.2 Å². The van der Waals surface area contributed by atoms with Crippen molar-refractivity contribution in [1.29, 1.82) is 0 Å². The molecule has 0 spiro atoms. The molecule has 0 aliphatic rings. The highest BCUT2D eigenvalue weighted by Crippen LogP contribution is 2.30. The summed E-state index contributed by atoms with van der Waals surface area (Å²) in [5, 5.41) is 0. The Kier molecular flexibility index (Phi) is 6.14. The Labute approximate surface area is 126 Å². The molecule has 0 fully saturated rings. The van der Waals surface area contributed by atoms with Gasteiger partial charge in [-0.25, -0.2) is 0 Å². The zero-order chi connectivity index (χ0) is 14.5. The van der Waals surface area contributed by atoms with Crippen LogP contribution in [0.3, 0.4) is 0 Å². The van der Waals surface area contributed by atoms with Crippen molar-refractivity contribution in [2.24, 2.45) is 11.1 Å². The Morgan fingerprint density at radius 1 is 1.37 bits per heavy atom. The van der Waals surface area contributed by atoms with Crippen molar-refractivity contribution in [2.45, 2.75) is 39.0 Å². The molecule has 0 aliphatic carbocycles. The maximum absolute atomic E-state index is 5.88. The largest absolute Gasteiger partial charge is 0.493 e. The first-order valence-corrected chi connectivity index (χ1v) is 7.93. The summed E-state index contributed by atoms with van der Waals surface area (Å²) in [7, 11) is 0.